The molecule has 0 aromatic heterocycles. The molecule has 15 heavy (non-hydrogen) atoms. The van der Waals surface area contributed by atoms with Gasteiger partial charge in [0.2, 0.25) is 0 Å². The Hall–Kier alpha value is 1.07. The highest BCUT2D eigenvalue weighted by Gasteiger charge is 1.99. The van der Waals surface area contributed by atoms with Crippen LogP contribution in [0.2, 0.25) is 0 Å². The summed E-state index contributed by atoms with van der Waals surface area (Å²) in [6.45, 7) is 2.16. The molecule has 0 saturated carbocycles. The van der Waals surface area contributed by atoms with Gasteiger partial charge in [-0.25, -0.2) is 0 Å². The normalized spacial score (nSPS) is 9.47. The fourth-order valence-corrected chi connectivity index (χ4v) is 1.18. The molecule has 0 atom stereocenters. The Labute approximate surface area is 120 Å². The van der Waals surface area contributed by atoms with E-state index in [0.717, 1.165) is 12.8 Å². The molecule has 0 rings (SSSR count). The molecule has 0 spiro atoms. The zero-order valence-electron chi connectivity index (χ0n) is 8.65. The first-order chi connectivity index (χ1) is 7.04. The fraction of sp³-hybridized carbons (Fsp3) is 0.889. The molecule has 0 fully saturated rings. The summed E-state index contributed by atoms with van der Waals surface area (Å²) < 4.78 is 4.50. The maximum Gasteiger partial charge on any atom is 0.306 e. The van der Waals surface area contributed by atoms with Crippen LogP contribution in [0.4, 0.5) is 0 Å². The number of alkyl halides is 4. The van der Waals surface area contributed by atoms with E-state index in [2.05, 4.69) is 6.92 Å². The molecule has 0 aromatic rings. The van der Waals surface area contributed by atoms with Crippen LogP contribution in [0.5, 0.6) is 0 Å². The van der Waals surface area contributed by atoms with Gasteiger partial charge in [0.1, 0.15) is 4.61 Å². The first-order valence-corrected chi connectivity index (χ1v) is 7.51. The second kappa shape index (κ2) is 15.1. The Morgan fingerprint density at radius 3 is 2.20 bits per heavy atom. The summed E-state index contributed by atoms with van der Waals surface area (Å²) in [4.78, 5) is 10.8. The van der Waals surface area contributed by atoms with Gasteiger partial charge in [-0.1, -0.05) is 61.0 Å². The van der Waals surface area contributed by atoms with Crippen molar-refractivity contribution >= 4 is 63.4 Å². The van der Waals surface area contributed by atoms with Gasteiger partial charge >= 0.3 is 5.97 Å². The van der Waals surface area contributed by atoms with Crippen molar-refractivity contribution in [2.24, 2.45) is 0 Å². The van der Waals surface area contributed by atoms with E-state index in [9.17, 15) is 4.79 Å². The molecule has 0 N–H and O–H groups in total. The van der Waals surface area contributed by atoms with Crippen molar-refractivity contribution < 1.29 is 9.53 Å². The molecule has 0 aliphatic carbocycles. The van der Waals surface area contributed by atoms with Crippen LogP contribution in [0.25, 0.3) is 0 Å². The molecule has 0 aliphatic rings. The Morgan fingerprint density at radius 1 is 1.27 bits per heavy atom. The van der Waals surface area contributed by atoms with Crippen molar-refractivity contribution in [3.05, 3.63) is 0 Å². The number of halogens is 4. The van der Waals surface area contributed by atoms with Crippen molar-refractivity contribution in [3.63, 3.8) is 0 Å². The van der Waals surface area contributed by atoms with Gasteiger partial charge in [-0.3, -0.25) is 4.79 Å². The molecular formula is C9H16Cl3IO2. The van der Waals surface area contributed by atoms with Crippen LogP contribution < -0.4 is 0 Å². The molecule has 0 radical (unpaired) electrons. The lowest BCUT2D eigenvalue weighted by Gasteiger charge is -1.99. The van der Waals surface area contributed by atoms with Gasteiger partial charge in [-0.2, -0.15) is 0 Å². The zero-order valence-corrected chi connectivity index (χ0v) is 13.1. The third kappa shape index (κ3) is 25.4. The second-order valence-electron chi connectivity index (χ2n) is 2.68. The van der Waals surface area contributed by atoms with E-state index in [1.807, 2.05) is 22.6 Å². The number of hydrogen-bond acceptors (Lipinski definition) is 2. The first kappa shape index (κ1) is 18.4. The van der Waals surface area contributed by atoms with Gasteiger partial charge in [0.25, 0.3) is 0 Å². The Kier molecular flexibility index (Phi) is 18.5. The van der Waals surface area contributed by atoms with Crippen LogP contribution >= 0.6 is 57.4 Å². The van der Waals surface area contributed by atoms with Gasteiger partial charge < -0.3 is 4.74 Å². The third-order valence-corrected chi connectivity index (χ3v) is 1.76. The highest BCUT2D eigenvalue weighted by Crippen LogP contribution is 2.04. The van der Waals surface area contributed by atoms with Crippen molar-refractivity contribution in [2.75, 3.05) is 4.61 Å². The van der Waals surface area contributed by atoms with Crippen LogP contribution in [0.1, 0.15) is 39.0 Å². The van der Waals surface area contributed by atoms with E-state index in [1.54, 1.807) is 0 Å². The summed E-state index contributed by atoms with van der Waals surface area (Å²) in [5.74, 6) is -0.0597. The smallest absolute Gasteiger partial charge is 0.306 e. The number of carbonyl (C=O) groups is 1. The minimum atomic E-state index is -0.750. The molecule has 2 nitrogen and oxygen atoms in total. The molecule has 0 heterocycles. The lowest BCUT2D eigenvalue weighted by atomic mass is 10.2. The molecule has 0 amide bonds. The number of unbranched alkanes of at least 4 members (excludes halogenated alkanes) is 3. The minimum Gasteiger partial charge on any atom is -0.455 e. The molecular weight excluding hydrogens is 373 g/mol. The van der Waals surface area contributed by atoms with Gasteiger partial charge in [-0.15, -0.1) is 0 Å². The van der Waals surface area contributed by atoms with Gasteiger partial charge in [-0.05, 0) is 29.0 Å². The van der Waals surface area contributed by atoms with Crippen LogP contribution in [0.3, 0.4) is 0 Å². The standard InChI is InChI=1S/C8H15IO2.CHCl3/c1-2-3-4-5-6-8(10)11-7-9;2-1(3)4/h2-7H2,1H3;1H. The highest BCUT2D eigenvalue weighted by atomic mass is 127. The minimum absolute atomic E-state index is 0.0597. The van der Waals surface area contributed by atoms with Crippen LogP contribution in [0, 0.1) is 0 Å². The number of hydrogen-bond donors (Lipinski definition) is 0. The SMILES string of the molecule is CCCCCCC(=O)OCI.ClC(Cl)Cl. The van der Waals surface area contributed by atoms with E-state index < -0.39 is 4.30 Å². The third-order valence-electron chi connectivity index (χ3n) is 1.45. The molecule has 0 unspecified atom stereocenters. The average Bonchev–Trinajstić information content (AvgIpc) is 2.12. The summed E-state index contributed by atoms with van der Waals surface area (Å²) >= 11 is 16.4. The largest absolute Gasteiger partial charge is 0.455 e. The predicted octanol–water partition coefficient (Wildman–Crippen LogP) is 4.88. The predicted molar refractivity (Wildman–Crippen MR) is 75.1 cm³/mol. The Balaban J connectivity index is 0. The molecule has 0 aromatic carbocycles. The monoisotopic (exact) mass is 388 g/mol. The number of carbonyl (C=O) groups excluding carboxylic acids is 1. The molecule has 0 saturated heterocycles. The summed E-state index contributed by atoms with van der Waals surface area (Å²) in [5, 5.41) is 0. The number of ether oxygens (including phenoxy) is 1. The topological polar surface area (TPSA) is 26.3 Å². The van der Waals surface area contributed by atoms with Crippen LogP contribution in [-0.2, 0) is 9.53 Å². The van der Waals surface area contributed by atoms with E-state index in [4.69, 9.17) is 39.5 Å². The summed E-state index contributed by atoms with van der Waals surface area (Å²) in [6.07, 6.45) is 5.14. The molecule has 0 bridgehead atoms. The second-order valence-corrected chi connectivity index (χ2v) is 5.29. The highest BCUT2D eigenvalue weighted by molar-refractivity contribution is 14.1. The van der Waals surface area contributed by atoms with Crippen LogP contribution in [0.15, 0.2) is 0 Å². The lowest BCUT2D eigenvalue weighted by Crippen LogP contribution is -2.01. The first-order valence-electron chi connectivity index (χ1n) is 4.68. The van der Waals surface area contributed by atoms with E-state index in [-0.39, 0.29) is 5.97 Å². The maximum atomic E-state index is 10.8. The zero-order chi connectivity index (χ0) is 12.1. The van der Waals surface area contributed by atoms with Crippen LogP contribution in [-0.4, -0.2) is 14.9 Å². The number of esters is 1. The number of rotatable bonds is 6. The van der Waals surface area contributed by atoms with E-state index in [1.165, 1.54) is 12.8 Å². The van der Waals surface area contributed by atoms with Crippen molar-refractivity contribution in [2.45, 2.75) is 43.3 Å². The van der Waals surface area contributed by atoms with Gasteiger partial charge in [0.05, 0.1) is 0 Å². The fourth-order valence-electron chi connectivity index (χ4n) is 0.829. The van der Waals surface area contributed by atoms with E-state index in [0.29, 0.717) is 11.0 Å². The molecule has 6 heteroatoms. The quantitative estimate of drug-likeness (QED) is 0.280. The van der Waals surface area contributed by atoms with Gasteiger partial charge in [0, 0.05) is 6.42 Å². The van der Waals surface area contributed by atoms with Crippen molar-refractivity contribution in [1.82, 2.24) is 0 Å². The van der Waals surface area contributed by atoms with Crippen molar-refractivity contribution in [1.29, 1.82) is 0 Å². The summed E-state index contributed by atoms with van der Waals surface area (Å²) in [7, 11) is 0. The maximum absolute atomic E-state index is 10.8. The Bertz CT molecular complexity index is 143. The molecule has 92 valence electrons. The Morgan fingerprint density at radius 2 is 1.80 bits per heavy atom. The average molecular weight is 389 g/mol. The van der Waals surface area contributed by atoms with E-state index >= 15 is 0 Å². The molecule has 0 aliphatic heterocycles. The summed E-state index contributed by atoms with van der Waals surface area (Å²) in [5.41, 5.74) is 0. The van der Waals surface area contributed by atoms with Crippen molar-refractivity contribution in [3.8, 4) is 0 Å². The summed E-state index contributed by atoms with van der Waals surface area (Å²) in [6, 6.07) is 0. The van der Waals surface area contributed by atoms with Gasteiger partial charge in [0.15, 0.2) is 4.30 Å². The lowest BCUT2D eigenvalue weighted by molar-refractivity contribution is -0.141.